The summed E-state index contributed by atoms with van der Waals surface area (Å²) < 4.78 is 34.4. The number of ether oxygens (including phenoxy) is 3. The van der Waals surface area contributed by atoms with Gasteiger partial charge in [-0.3, -0.25) is 9.59 Å². The van der Waals surface area contributed by atoms with Gasteiger partial charge in [0.2, 0.25) is 5.43 Å². The van der Waals surface area contributed by atoms with Gasteiger partial charge in [0.15, 0.2) is 34.5 Å². The number of halogens is 3. The molecule has 1 N–H and O–H groups in total. The third-order valence-electron chi connectivity index (χ3n) is 8.52. The summed E-state index contributed by atoms with van der Waals surface area (Å²) in [5.74, 6) is -0.529. The molecule has 14 heteroatoms. The lowest BCUT2D eigenvalue weighted by Crippen LogP contribution is -2.27. The predicted molar refractivity (Wildman–Crippen MR) is 194 cm³/mol. The van der Waals surface area contributed by atoms with E-state index in [0.29, 0.717) is 45.2 Å². The van der Waals surface area contributed by atoms with E-state index in [2.05, 4.69) is 25.5 Å². The van der Waals surface area contributed by atoms with Gasteiger partial charge in [0.25, 0.3) is 5.91 Å². The molecule has 11 nitrogen and oxygen atoms in total. The number of anilines is 1. The van der Waals surface area contributed by atoms with E-state index >= 15 is 4.39 Å². The van der Waals surface area contributed by atoms with Crippen LogP contribution < -0.4 is 25.0 Å². The van der Waals surface area contributed by atoms with E-state index < -0.39 is 22.8 Å². The summed E-state index contributed by atoms with van der Waals surface area (Å²) >= 11 is 12.5. The molecule has 7 rings (SSSR count). The van der Waals surface area contributed by atoms with Crippen LogP contribution in [-0.4, -0.2) is 64.1 Å². The number of hydrogen-bond donors (Lipinski definition) is 1. The molecule has 1 aliphatic heterocycles. The summed E-state index contributed by atoms with van der Waals surface area (Å²) in [5.41, 5.74) is 0.364. The van der Waals surface area contributed by atoms with Crippen molar-refractivity contribution >= 4 is 56.6 Å². The van der Waals surface area contributed by atoms with Gasteiger partial charge in [-0.1, -0.05) is 35.3 Å². The Labute approximate surface area is 301 Å². The molecule has 0 bridgehead atoms. The molecular formula is C37H31Cl2FN6O5. The highest BCUT2D eigenvalue weighted by molar-refractivity contribution is 6.35. The number of nitrogens with zero attached hydrogens (tertiary/aromatic N) is 5. The number of para-hydroxylation sites is 1. The molecule has 2 aromatic heterocycles. The molecule has 0 radical (unpaired) electrons. The Hall–Kier alpha value is -5.30. The number of methoxy groups -OCH3 is 1. The van der Waals surface area contributed by atoms with Crippen LogP contribution in [-0.2, 0) is 0 Å². The van der Waals surface area contributed by atoms with E-state index in [9.17, 15) is 9.59 Å². The van der Waals surface area contributed by atoms with Gasteiger partial charge >= 0.3 is 0 Å². The van der Waals surface area contributed by atoms with Crippen molar-refractivity contribution < 1.29 is 23.4 Å². The van der Waals surface area contributed by atoms with Crippen molar-refractivity contribution in [3.63, 3.8) is 0 Å². The summed E-state index contributed by atoms with van der Waals surface area (Å²) in [7, 11) is 1.54. The number of hydrogen-bond acceptors (Lipinski definition) is 9. The molecule has 4 aromatic carbocycles. The molecule has 6 aromatic rings. The van der Waals surface area contributed by atoms with E-state index in [4.69, 9.17) is 37.4 Å². The molecule has 0 spiro atoms. The zero-order valence-corrected chi connectivity index (χ0v) is 28.9. The van der Waals surface area contributed by atoms with Gasteiger partial charge in [0, 0.05) is 29.4 Å². The first kappa shape index (κ1) is 34.2. The van der Waals surface area contributed by atoms with Crippen molar-refractivity contribution in [2.24, 2.45) is 0 Å². The van der Waals surface area contributed by atoms with Gasteiger partial charge in [-0.25, -0.2) is 9.07 Å². The summed E-state index contributed by atoms with van der Waals surface area (Å²) in [6.07, 6.45) is 4.73. The molecule has 1 amide bonds. The Morgan fingerprint density at radius 2 is 1.76 bits per heavy atom. The fraction of sp³-hybridized carbons (Fsp3) is 0.216. The third-order valence-corrected chi connectivity index (χ3v) is 9.06. The minimum atomic E-state index is -0.844. The van der Waals surface area contributed by atoms with Crippen LogP contribution in [0.3, 0.4) is 0 Å². The maximum absolute atomic E-state index is 15.5. The summed E-state index contributed by atoms with van der Waals surface area (Å²) in [6, 6.07) is 18.8. The fourth-order valence-corrected chi connectivity index (χ4v) is 6.49. The first-order chi connectivity index (χ1) is 24.8. The monoisotopic (exact) mass is 728 g/mol. The van der Waals surface area contributed by atoms with Crippen molar-refractivity contribution in [2.45, 2.75) is 19.3 Å². The minimum absolute atomic E-state index is 0.0705. The third kappa shape index (κ3) is 7.29. The average molecular weight is 730 g/mol. The molecule has 1 fully saturated rings. The normalized spacial score (nSPS) is 13.1. The Morgan fingerprint density at radius 1 is 0.941 bits per heavy atom. The molecule has 0 atom stereocenters. The molecule has 51 heavy (non-hydrogen) atoms. The summed E-state index contributed by atoms with van der Waals surface area (Å²) in [6.45, 7) is 3.74. The Bertz CT molecular complexity index is 2330. The van der Waals surface area contributed by atoms with Crippen LogP contribution in [0.2, 0.25) is 10.0 Å². The molecule has 1 aliphatic rings. The quantitative estimate of drug-likeness (QED) is 0.134. The van der Waals surface area contributed by atoms with Crippen LogP contribution in [0.25, 0.3) is 27.5 Å². The standard InChI is InChI=1S/C37H31Cl2FN6O5/c1-49-32-19-25-28(20-33(32)50-16-6-15-45-13-4-5-14-45)43-41-21-34(25)51-31-12-10-23(18-27(31)40)42-37(48)35-36(47)24-7-2-3-8-29(24)46(44-35)30-11-9-22(38)17-26(30)39/h2-3,7-12,17-21H,4-6,13-16H2,1H3,(H,42,48). The average Bonchev–Trinajstić information content (AvgIpc) is 3.65. The predicted octanol–water partition coefficient (Wildman–Crippen LogP) is 7.69. The van der Waals surface area contributed by atoms with Gasteiger partial charge in [-0.05, 0) is 80.9 Å². The van der Waals surface area contributed by atoms with Crippen molar-refractivity contribution in [1.82, 2.24) is 24.9 Å². The number of carbonyl (C=O) groups excluding carboxylic acids is 1. The van der Waals surface area contributed by atoms with Gasteiger partial charge in [0.05, 0.1) is 46.9 Å². The highest BCUT2D eigenvalue weighted by Crippen LogP contribution is 2.37. The lowest BCUT2D eigenvalue weighted by molar-refractivity contribution is 0.102. The van der Waals surface area contributed by atoms with Crippen LogP contribution in [0.1, 0.15) is 29.8 Å². The largest absolute Gasteiger partial charge is 0.493 e. The van der Waals surface area contributed by atoms with Crippen LogP contribution in [0, 0.1) is 5.82 Å². The number of amides is 1. The van der Waals surface area contributed by atoms with Gasteiger partial charge in [-0.15, -0.1) is 0 Å². The SMILES string of the molecule is COc1cc2c(Oc3ccc(NC(=O)c4nn(-c5ccc(Cl)cc5Cl)c5ccccc5c4=O)cc3F)cnnc2cc1OCCCN1CCCC1. The topological polar surface area (TPSA) is 121 Å². The van der Waals surface area contributed by atoms with Crippen LogP contribution >= 0.6 is 23.2 Å². The maximum Gasteiger partial charge on any atom is 0.280 e. The van der Waals surface area contributed by atoms with Crippen LogP contribution in [0.4, 0.5) is 10.1 Å². The highest BCUT2D eigenvalue weighted by Gasteiger charge is 2.21. The first-order valence-electron chi connectivity index (χ1n) is 16.2. The summed E-state index contributed by atoms with van der Waals surface area (Å²) in [4.78, 5) is 29.2. The smallest absolute Gasteiger partial charge is 0.280 e. The molecule has 260 valence electrons. The van der Waals surface area contributed by atoms with Crippen LogP contribution in [0.5, 0.6) is 23.0 Å². The number of benzene rings is 4. The van der Waals surface area contributed by atoms with Crippen molar-refractivity contribution in [2.75, 3.05) is 38.7 Å². The number of carbonyl (C=O) groups is 1. The molecule has 0 unspecified atom stereocenters. The fourth-order valence-electron chi connectivity index (χ4n) is 6.01. The molecule has 1 saturated heterocycles. The van der Waals surface area contributed by atoms with Gasteiger partial charge in [-0.2, -0.15) is 15.3 Å². The van der Waals surface area contributed by atoms with E-state index in [1.54, 1.807) is 48.5 Å². The van der Waals surface area contributed by atoms with Crippen molar-refractivity contribution in [3.8, 4) is 28.7 Å². The maximum atomic E-state index is 15.5. The molecule has 0 aliphatic carbocycles. The van der Waals surface area contributed by atoms with Crippen molar-refractivity contribution in [1.29, 1.82) is 0 Å². The lowest BCUT2D eigenvalue weighted by Gasteiger charge is -2.16. The van der Waals surface area contributed by atoms with Gasteiger partial charge in [0.1, 0.15) is 5.52 Å². The number of rotatable bonds is 11. The van der Waals surface area contributed by atoms with E-state index in [1.165, 1.54) is 49.0 Å². The van der Waals surface area contributed by atoms with E-state index in [0.717, 1.165) is 32.1 Å². The zero-order valence-electron chi connectivity index (χ0n) is 27.4. The minimum Gasteiger partial charge on any atom is -0.493 e. The Morgan fingerprint density at radius 3 is 2.55 bits per heavy atom. The highest BCUT2D eigenvalue weighted by atomic mass is 35.5. The summed E-state index contributed by atoms with van der Waals surface area (Å²) in [5, 5.41) is 16.6. The molecule has 3 heterocycles. The lowest BCUT2D eigenvalue weighted by atomic mass is 10.1. The van der Waals surface area contributed by atoms with Crippen molar-refractivity contribution in [3.05, 3.63) is 111 Å². The first-order valence-corrected chi connectivity index (χ1v) is 17.0. The molecule has 0 saturated carbocycles. The second-order valence-electron chi connectivity index (χ2n) is 11.9. The van der Waals surface area contributed by atoms with Gasteiger partial charge < -0.3 is 24.4 Å². The Kier molecular flexibility index (Phi) is 9.98. The number of likely N-dealkylation sites (tertiary alicyclic amines) is 1. The zero-order chi connectivity index (χ0) is 35.5. The Balaban J connectivity index is 1.10. The number of nitrogens with one attached hydrogen (secondary N) is 1. The number of aromatic nitrogens is 4. The van der Waals surface area contributed by atoms with E-state index in [1.807, 2.05) is 0 Å². The van der Waals surface area contributed by atoms with E-state index in [-0.39, 0.29) is 27.6 Å². The molecular weight excluding hydrogens is 698 g/mol. The second-order valence-corrected chi connectivity index (χ2v) is 12.7. The number of fused-ring (bicyclic) bond motifs is 2. The second kappa shape index (κ2) is 14.9. The van der Waals surface area contributed by atoms with Crippen LogP contribution in [0.15, 0.2) is 83.8 Å².